The molecule has 0 saturated heterocycles. The van der Waals surface area contributed by atoms with Gasteiger partial charge >= 0.3 is 0 Å². The van der Waals surface area contributed by atoms with Crippen LogP contribution in [0.5, 0.6) is 5.75 Å². The number of hydrogen-bond acceptors (Lipinski definition) is 2. The van der Waals surface area contributed by atoms with E-state index in [0.29, 0.717) is 0 Å². The predicted octanol–water partition coefficient (Wildman–Crippen LogP) is 5.77. The van der Waals surface area contributed by atoms with Crippen LogP contribution in [0.4, 0.5) is 0 Å². The van der Waals surface area contributed by atoms with Crippen molar-refractivity contribution < 1.29 is 9.53 Å². The topological polar surface area (TPSA) is 38.3 Å². The van der Waals surface area contributed by atoms with Crippen molar-refractivity contribution in [2.45, 2.75) is 10.0 Å². The van der Waals surface area contributed by atoms with Crippen molar-refractivity contribution in [1.29, 1.82) is 0 Å². The number of nitrogens with one attached hydrogen (secondary N) is 1. The number of rotatable bonds is 4. The van der Waals surface area contributed by atoms with Crippen LogP contribution < -0.4 is 10.1 Å². The second-order valence-corrected chi connectivity index (χ2v) is 7.48. The van der Waals surface area contributed by atoms with Crippen LogP contribution in [0, 0.1) is 0 Å². The lowest BCUT2D eigenvalue weighted by molar-refractivity contribution is -0.111. The van der Waals surface area contributed by atoms with Gasteiger partial charge in [-0.05, 0) is 0 Å². The molecule has 112 valence electrons. The molecule has 20 heavy (non-hydrogen) atoms. The van der Waals surface area contributed by atoms with Gasteiger partial charge in [-0.25, -0.2) is 0 Å². The quantitative estimate of drug-likeness (QED) is 0.212. The van der Waals surface area contributed by atoms with Gasteiger partial charge in [0.2, 0.25) is 16.4 Å². The summed E-state index contributed by atoms with van der Waals surface area (Å²) in [6.45, 7) is 0. The Labute approximate surface area is 154 Å². The fraction of sp³-hybridized carbons (Fsp3) is 0.222. The van der Waals surface area contributed by atoms with Crippen molar-refractivity contribution in [3.63, 3.8) is 0 Å². The van der Waals surface area contributed by atoms with Crippen LogP contribution in [0.15, 0.2) is 0 Å². The van der Waals surface area contributed by atoms with E-state index in [1.807, 2.05) is 0 Å². The lowest BCUT2D eigenvalue weighted by Crippen LogP contribution is -2.44. The zero-order valence-corrected chi connectivity index (χ0v) is 15.0. The molecule has 1 atom stereocenters. The van der Waals surface area contributed by atoms with Crippen LogP contribution in [0.2, 0.25) is 25.1 Å². The molecule has 1 unspecified atom stereocenters. The van der Waals surface area contributed by atoms with Crippen LogP contribution in [0.25, 0.3) is 0 Å². The molecule has 1 rings (SSSR count). The number of halogens is 8. The van der Waals surface area contributed by atoms with Crippen molar-refractivity contribution in [2.24, 2.45) is 0 Å². The van der Waals surface area contributed by atoms with Crippen molar-refractivity contribution in [2.75, 3.05) is 0 Å². The third-order valence-electron chi connectivity index (χ3n) is 1.92. The number of ether oxygens (including phenoxy) is 1. The van der Waals surface area contributed by atoms with Gasteiger partial charge in [0.05, 0.1) is 15.1 Å². The molecule has 0 aliphatic rings. The molecule has 0 spiro atoms. The Kier molecular flexibility index (Phi) is 6.96. The van der Waals surface area contributed by atoms with Gasteiger partial charge in [-0.2, -0.15) is 0 Å². The highest BCUT2D eigenvalue weighted by atomic mass is 35.6. The monoisotopic (exact) mass is 437 g/mol. The minimum atomic E-state index is -1.99. The van der Waals surface area contributed by atoms with Gasteiger partial charge in [0.25, 0.3) is 0 Å². The van der Waals surface area contributed by atoms with Crippen molar-refractivity contribution >= 4 is 99.2 Å². The molecule has 0 aliphatic heterocycles. The van der Waals surface area contributed by atoms with E-state index in [1.165, 1.54) is 0 Å². The molecule has 0 fully saturated rings. The highest BCUT2D eigenvalue weighted by molar-refractivity contribution is 6.68. The summed E-state index contributed by atoms with van der Waals surface area (Å²) in [4.78, 5) is 10.5. The summed E-state index contributed by atoms with van der Waals surface area (Å²) >= 11 is 46.4. The van der Waals surface area contributed by atoms with Crippen LogP contribution in [-0.4, -0.2) is 16.4 Å². The molecular weight excluding hydrogens is 438 g/mol. The molecule has 0 aliphatic carbocycles. The Balaban J connectivity index is 3.30. The highest BCUT2D eigenvalue weighted by Gasteiger charge is 2.36. The first-order chi connectivity index (χ1) is 9.11. The Morgan fingerprint density at radius 1 is 0.900 bits per heavy atom. The molecule has 0 heterocycles. The van der Waals surface area contributed by atoms with E-state index >= 15 is 0 Å². The second-order valence-electron chi connectivity index (χ2n) is 3.22. The van der Waals surface area contributed by atoms with Crippen LogP contribution in [0.3, 0.4) is 0 Å². The number of carbonyl (C=O) groups excluding carboxylic acids is 1. The highest BCUT2D eigenvalue weighted by Crippen LogP contribution is 2.49. The summed E-state index contributed by atoms with van der Waals surface area (Å²) in [5.74, 6) is -0.182. The van der Waals surface area contributed by atoms with E-state index in [9.17, 15) is 4.79 Å². The van der Waals surface area contributed by atoms with E-state index in [0.717, 1.165) is 0 Å². The van der Waals surface area contributed by atoms with Crippen molar-refractivity contribution in [1.82, 2.24) is 5.32 Å². The SMILES string of the molecule is O=CNC(Oc1c(Cl)c(Cl)c(Cl)c(Cl)c1Cl)C(Cl)(Cl)Cl. The Bertz CT molecular complexity index is 501. The zero-order valence-electron chi connectivity index (χ0n) is 8.99. The average Bonchev–Trinajstić information content (AvgIpc) is 2.36. The molecule has 1 N–H and O–H groups in total. The number of hydrogen-bond donors (Lipinski definition) is 1. The largest absolute Gasteiger partial charge is 0.463 e. The minimum Gasteiger partial charge on any atom is -0.463 e. The summed E-state index contributed by atoms with van der Waals surface area (Å²) in [6, 6.07) is 0. The van der Waals surface area contributed by atoms with E-state index < -0.39 is 10.0 Å². The van der Waals surface area contributed by atoms with Crippen molar-refractivity contribution in [3.05, 3.63) is 25.1 Å². The van der Waals surface area contributed by atoms with E-state index in [-0.39, 0.29) is 37.3 Å². The van der Waals surface area contributed by atoms with E-state index in [2.05, 4.69) is 5.32 Å². The fourth-order valence-electron chi connectivity index (χ4n) is 1.06. The van der Waals surface area contributed by atoms with Crippen LogP contribution in [0.1, 0.15) is 0 Å². The molecule has 11 heteroatoms. The van der Waals surface area contributed by atoms with Gasteiger partial charge in [-0.15, -0.1) is 0 Å². The second kappa shape index (κ2) is 7.38. The van der Waals surface area contributed by atoms with Gasteiger partial charge in [0.15, 0.2) is 5.75 Å². The maximum atomic E-state index is 10.5. The summed E-state index contributed by atoms with van der Waals surface area (Å²) in [5.41, 5.74) is 0. The lowest BCUT2D eigenvalue weighted by atomic mass is 10.3. The van der Waals surface area contributed by atoms with E-state index in [1.54, 1.807) is 0 Å². The molecule has 1 aromatic rings. The molecular formula is C9H3Cl8NO2. The summed E-state index contributed by atoms with van der Waals surface area (Å²) in [6.07, 6.45) is -1.11. The average molecular weight is 441 g/mol. The first-order valence-electron chi connectivity index (χ1n) is 4.55. The lowest BCUT2D eigenvalue weighted by Gasteiger charge is -2.26. The number of benzene rings is 1. The van der Waals surface area contributed by atoms with Gasteiger partial charge in [0, 0.05) is 0 Å². The number of amides is 1. The van der Waals surface area contributed by atoms with Crippen LogP contribution in [-0.2, 0) is 4.79 Å². The van der Waals surface area contributed by atoms with Crippen LogP contribution >= 0.6 is 92.8 Å². The summed E-state index contributed by atoms with van der Waals surface area (Å²) < 4.78 is 3.27. The molecule has 0 radical (unpaired) electrons. The maximum absolute atomic E-state index is 10.5. The third kappa shape index (κ3) is 4.17. The smallest absolute Gasteiger partial charge is 0.246 e. The molecule has 0 bridgehead atoms. The normalized spacial score (nSPS) is 13.0. The summed E-state index contributed by atoms with van der Waals surface area (Å²) in [5, 5.41) is 1.63. The maximum Gasteiger partial charge on any atom is 0.246 e. The zero-order chi connectivity index (χ0) is 15.7. The number of carbonyl (C=O) groups is 1. The van der Waals surface area contributed by atoms with Gasteiger partial charge in [-0.1, -0.05) is 92.8 Å². The first-order valence-corrected chi connectivity index (χ1v) is 7.58. The first kappa shape index (κ1) is 18.9. The van der Waals surface area contributed by atoms with E-state index in [4.69, 9.17) is 97.5 Å². The predicted molar refractivity (Wildman–Crippen MR) is 85.4 cm³/mol. The van der Waals surface area contributed by atoms with Gasteiger partial charge < -0.3 is 10.1 Å². The number of alkyl halides is 3. The molecule has 1 aromatic carbocycles. The summed E-state index contributed by atoms with van der Waals surface area (Å²) in [7, 11) is 0. The Morgan fingerprint density at radius 3 is 1.65 bits per heavy atom. The van der Waals surface area contributed by atoms with Gasteiger partial charge in [-0.3, -0.25) is 4.79 Å². The van der Waals surface area contributed by atoms with Gasteiger partial charge in [0.1, 0.15) is 10.0 Å². The Hall–Kier alpha value is 0.810. The fourth-order valence-corrected chi connectivity index (χ4v) is 2.60. The minimum absolute atomic E-state index is 0.0514. The molecule has 0 aromatic heterocycles. The standard InChI is InChI=1S/C9H3Cl8NO2/c10-2-3(11)5(13)7(6(14)4(2)12)20-8(18-1-19)9(15,16)17/h1,8H,(H,18,19). The van der Waals surface area contributed by atoms with Crippen molar-refractivity contribution in [3.8, 4) is 5.75 Å². The Morgan fingerprint density at radius 2 is 1.30 bits per heavy atom. The molecule has 1 amide bonds. The third-order valence-corrected chi connectivity index (χ3v) is 4.76. The molecule has 3 nitrogen and oxygen atoms in total. The molecule has 0 saturated carbocycles.